The summed E-state index contributed by atoms with van der Waals surface area (Å²) < 4.78 is 29.9. The van der Waals surface area contributed by atoms with Gasteiger partial charge in [-0.1, -0.05) is 0 Å². The summed E-state index contributed by atoms with van der Waals surface area (Å²) in [5.74, 6) is 0.370. The maximum Gasteiger partial charge on any atom is 0.330 e. The van der Waals surface area contributed by atoms with Crippen molar-refractivity contribution in [1.82, 2.24) is 33.0 Å². The van der Waals surface area contributed by atoms with Crippen LogP contribution in [-0.2, 0) is 17.1 Å². The van der Waals surface area contributed by atoms with Gasteiger partial charge in [-0.25, -0.2) is 32.0 Å². The molecule has 1 aliphatic heterocycles. The van der Waals surface area contributed by atoms with Gasteiger partial charge in [-0.15, -0.1) is 0 Å². The lowest BCUT2D eigenvalue weighted by Crippen LogP contribution is -2.31. The molecular formula is C19H18N8O3S. The van der Waals surface area contributed by atoms with E-state index in [1.54, 1.807) is 46.9 Å². The van der Waals surface area contributed by atoms with Gasteiger partial charge < -0.3 is 0 Å². The van der Waals surface area contributed by atoms with Crippen molar-refractivity contribution in [2.75, 3.05) is 19.3 Å². The quantitative estimate of drug-likeness (QED) is 0.456. The van der Waals surface area contributed by atoms with Crippen molar-refractivity contribution in [3.63, 3.8) is 0 Å². The molecule has 0 saturated carbocycles. The Morgan fingerprint density at radius 3 is 2.77 bits per heavy atom. The number of pyridine rings is 1. The smallest absolute Gasteiger partial charge is 0.292 e. The second-order valence-electron chi connectivity index (χ2n) is 7.59. The SMILES string of the molecule is Cn1c(=O)n(C2CCN(S(C)(=O)=O)C2)c2nc(-c3cnn4ccc(C#N)cc34)ncc21. The highest BCUT2D eigenvalue weighted by Crippen LogP contribution is 2.27. The number of nitrogens with zero attached hydrogens (tertiary/aromatic N) is 8. The molecule has 1 atom stereocenters. The van der Waals surface area contributed by atoms with E-state index in [4.69, 9.17) is 0 Å². The third-order valence-electron chi connectivity index (χ3n) is 5.68. The second kappa shape index (κ2) is 6.73. The Balaban J connectivity index is 1.67. The highest BCUT2D eigenvalue weighted by Gasteiger charge is 2.32. The van der Waals surface area contributed by atoms with Crippen LogP contribution in [0.15, 0.2) is 35.5 Å². The van der Waals surface area contributed by atoms with Crippen LogP contribution in [0.2, 0.25) is 0 Å². The van der Waals surface area contributed by atoms with Crippen LogP contribution in [0.4, 0.5) is 0 Å². The number of hydrogen-bond acceptors (Lipinski definition) is 7. The zero-order chi connectivity index (χ0) is 21.9. The summed E-state index contributed by atoms with van der Waals surface area (Å²) in [7, 11) is -1.70. The summed E-state index contributed by atoms with van der Waals surface area (Å²) in [5.41, 5.74) is 2.51. The number of hydrogen-bond donors (Lipinski definition) is 0. The summed E-state index contributed by atoms with van der Waals surface area (Å²) in [6.45, 7) is 0.578. The Labute approximate surface area is 176 Å². The lowest BCUT2D eigenvalue weighted by atomic mass is 10.2. The fraction of sp³-hybridized carbons (Fsp3) is 0.316. The first-order chi connectivity index (χ1) is 14.8. The van der Waals surface area contributed by atoms with E-state index in [2.05, 4.69) is 21.1 Å². The number of imidazole rings is 1. The second-order valence-corrected chi connectivity index (χ2v) is 9.58. The molecule has 158 valence electrons. The first-order valence-corrected chi connectivity index (χ1v) is 11.4. The van der Waals surface area contributed by atoms with Gasteiger partial charge in [-0.2, -0.15) is 10.4 Å². The summed E-state index contributed by atoms with van der Waals surface area (Å²) in [6, 6.07) is 5.16. The van der Waals surface area contributed by atoms with Crippen molar-refractivity contribution in [2.45, 2.75) is 12.5 Å². The number of nitriles is 1. The molecule has 1 saturated heterocycles. The maximum atomic E-state index is 13.0. The Bertz CT molecular complexity index is 1560. The van der Waals surface area contributed by atoms with Crippen molar-refractivity contribution in [2.24, 2.45) is 7.05 Å². The van der Waals surface area contributed by atoms with Crippen molar-refractivity contribution < 1.29 is 8.42 Å². The number of fused-ring (bicyclic) bond motifs is 2. The highest BCUT2D eigenvalue weighted by atomic mass is 32.2. The van der Waals surface area contributed by atoms with Crippen molar-refractivity contribution in [3.8, 4) is 17.5 Å². The zero-order valence-corrected chi connectivity index (χ0v) is 17.6. The fourth-order valence-corrected chi connectivity index (χ4v) is 4.92. The van der Waals surface area contributed by atoms with E-state index in [1.165, 1.54) is 15.1 Å². The van der Waals surface area contributed by atoms with Crippen LogP contribution in [0.25, 0.3) is 28.1 Å². The molecular weight excluding hydrogens is 420 g/mol. The number of aryl methyl sites for hydroxylation is 1. The molecule has 0 amide bonds. The van der Waals surface area contributed by atoms with Gasteiger partial charge in [0.05, 0.1) is 47.4 Å². The molecule has 5 heterocycles. The lowest BCUT2D eigenvalue weighted by molar-refractivity contribution is 0.453. The molecule has 4 aromatic rings. The molecule has 1 aliphatic rings. The molecule has 0 spiro atoms. The van der Waals surface area contributed by atoms with E-state index in [0.717, 1.165) is 0 Å². The predicted octanol–water partition coefficient (Wildman–Crippen LogP) is 0.523. The average Bonchev–Trinajstić information content (AvgIpc) is 3.44. The van der Waals surface area contributed by atoms with Gasteiger partial charge >= 0.3 is 5.69 Å². The van der Waals surface area contributed by atoms with Crippen LogP contribution in [0.5, 0.6) is 0 Å². The van der Waals surface area contributed by atoms with Crippen molar-refractivity contribution in [1.29, 1.82) is 5.26 Å². The largest absolute Gasteiger partial charge is 0.330 e. The van der Waals surface area contributed by atoms with Crippen LogP contribution in [0.1, 0.15) is 18.0 Å². The van der Waals surface area contributed by atoms with Crippen molar-refractivity contribution in [3.05, 3.63) is 46.8 Å². The van der Waals surface area contributed by atoms with Gasteiger partial charge in [0, 0.05) is 26.3 Å². The van der Waals surface area contributed by atoms with E-state index < -0.39 is 10.0 Å². The molecule has 4 aromatic heterocycles. The van der Waals surface area contributed by atoms with Gasteiger partial charge in [-0.3, -0.25) is 9.13 Å². The maximum absolute atomic E-state index is 13.0. The minimum Gasteiger partial charge on any atom is -0.292 e. The summed E-state index contributed by atoms with van der Waals surface area (Å²) in [6.07, 6.45) is 6.57. The Morgan fingerprint density at radius 1 is 1.26 bits per heavy atom. The molecule has 0 bridgehead atoms. The van der Waals surface area contributed by atoms with Gasteiger partial charge in [0.1, 0.15) is 5.52 Å². The molecule has 0 aromatic carbocycles. The third-order valence-corrected chi connectivity index (χ3v) is 6.95. The van der Waals surface area contributed by atoms with E-state index in [9.17, 15) is 18.5 Å². The van der Waals surface area contributed by atoms with E-state index in [0.29, 0.717) is 46.6 Å². The molecule has 11 nitrogen and oxygen atoms in total. The molecule has 0 N–H and O–H groups in total. The summed E-state index contributed by atoms with van der Waals surface area (Å²) in [4.78, 5) is 22.1. The van der Waals surface area contributed by atoms with E-state index >= 15 is 0 Å². The first kappa shape index (κ1) is 19.4. The molecule has 1 unspecified atom stereocenters. The third kappa shape index (κ3) is 3.01. The van der Waals surface area contributed by atoms with Crippen LogP contribution in [0.3, 0.4) is 0 Å². The summed E-state index contributed by atoms with van der Waals surface area (Å²) >= 11 is 0. The molecule has 0 aliphatic carbocycles. The predicted molar refractivity (Wildman–Crippen MR) is 112 cm³/mol. The average molecular weight is 438 g/mol. The van der Waals surface area contributed by atoms with Crippen LogP contribution >= 0.6 is 0 Å². The zero-order valence-electron chi connectivity index (χ0n) is 16.8. The van der Waals surface area contributed by atoms with Crippen LogP contribution < -0.4 is 5.69 Å². The summed E-state index contributed by atoms with van der Waals surface area (Å²) in [5, 5.41) is 13.5. The topological polar surface area (TPSA) is 131 Å². The lowest BCUT2D eigenvalue weighted by Gasteiger charge is -2.14. The highest BCUT2D eigenvalue weighted by molar-refractivity contribution is 7.88. The minimum absolute atomic E-state index is 0.222. The van der Waals surface area contributed by atoms with Crippen molar-refractivity contribution >= 4 is 26.7 Å². The monoisotopic (exact) mass is 438 g/mol. The molecule has 31 heavy (non-hydrogen) atoms. The fourth-order valence-electron chi connectivity index (χ4n) is 4.04. The van der Waals surface area contributed by atoms with E-state index in [1.807, 2.05) is 0 Å². The normalized spacial score (nSPS) is 17.5. The number of sulfonamides is 1. The molecule has 5 rings (SSSR count). The Morgan fingerprint density at radius 2 is 2.06 bits per heavy atom. The van der Waals surface area contributed by atoms with Gasteiger partial charge in [0.25, 0.3) is 0 Å². The standard InChI is InChI=1S/C19H18N8O3S/c1-24-16-10-21-17(14-9-22-26-6-3-12(8-20)7-15(14)26)23-18(16)27(19(24)28)13-4-5-25(11-13)31(2,29)30/h3,6-7,9-10,13H,4-5,11H2,1-2H3. The Kier molecular flexibility index (Phi) is 4.21. The number of aromatic nitrogens is 6. The van der Waals surface area contributed by atoms with Gasteiger partial charge in [-0.05, 0) is 18.6 Å². The van der Waals surface area contributed by atoms with Gasteiger partial charge in [0.2, 0.25) is 10.0 Å². The molecule has 12 heteroatoms. The van der Waals surface area contributed by atoms with Gasteiger partial charge in [0.15, 0.2) is 11.5 Å². The number of rotatable bonds is 3. The minimum atomic E-state index is -3.34. The first-order valence-electron chi connectivity index (χ1n) is 9.55. The van der Waals surface area contributed by atoms with Crippen LogP contribution in [0, 0.1) is 11.3 Å². The molecule has 1 fully saturated rings. The molecule has 0 radical (unpaired) electrons. The Hall–Kier alpha value is -3.56. The van der Waals surface area contributed by atoms with Crippen LogP contribution in [-0.4, -0.2) is 60.8 Å². The van der Waals surface area contributed by atoms with E-state index in [-0.39, 0.29) is 18.3 Å².